The van der Waals surface area contributed by atoms with Crippen LogP contribution in [0.3, 0.4) is 0 Å². The second-order valence-electron chi connectivity index (χ2n) is 5.50. The quantitative estimate of drug-likeness (QED) is 0.549. The van der Waals surface area contributed by atoms with Gasteiger partial charge in [-0.15, -0.1) is 0 Å². The summed E-state index contributed by atoms with van der Waals surface area (Å²) in [5.41, 5.74) is 1.02. The number of carbonyl (C=O) groups is 3. The van der Waals surface area contributed by atoms with Crippen LogP contribution in [-0.2, 0) is 14.4 Å². The molecule has 0 bridgehead atoms. The minimum Gasteiger partial charge on any atom is -0.480 e. The molecular formula is C18H18N2O4S2. The number of hydrogen-bond donors (Lipinski definition) is 2. The lowest BCUT2D eigenvalue weighted by molar-refractivity contribution is -0.141. The molecule has 0 aliphatic carbocycles. The van der Waals surface area contributed by atoms with Crippen molar-refractivity contribution in [2.45, 2.75) is 19.4 Å². The van der Waals surface area contributed by atoms with Crippen molar-refractivity contribution in [3.8, 4) is 0 Å². The largest absolute Gasteiger partial charge is 0.480 e. The number of carboxylic acid groups (broad SMARTS) is 1. The summed E-state index contributed by atoms with van der Waals surface area (Å²) in [4.78, 5) is 36.7. The normalized spacial score (nSPS) is 17.1. The van der Waals surface area contributed by atoms with Crippen LogP contribution < -0.4 is 5.32 Å². The van der Waals surface area contributed by atoms with E-state index in [-0.39, 0.29) is 18.9 Å². The van der Waals surface area contributed by atoms with E-state index >= 15 is 0 Å². The van der Waals surface area contributed by atoms with Gasteiger partial charge < -0.3 is 10.4 Å². The lowest BCUT2D eigenvalue weighted by Gasteiger charge is -2.15. The Kier molecular flexibility index (Phi) is 7.11. The number of benzene rings is 1. The van der Waals surface area contributed by atoms with Gasteiger partial charge in [-0.25, -0.2) is 0 Å². The fourth-order valence-corrected chi connectivity index (χ4v) is 3.37. The predicted octanol–water partition coefficient (Wildman–Crippen LogP) is 2.42. The summed E-state index contributed by atoms with van der Waals surface area (Å²) in [6, 6.07) is 8.70. The number of nitrogens with one attached hydrogen (secondary N) is 1. The molecule has 1 aromatic rings. The lowest BCUT2D eigenvalue weighted by atomic mass is 10.2. The molecule has 0 saturated carbocycles. The second-order valence-corrected chi connectivity index (χ2v) is 7.18. The number of hydrogen-bond acceptors (Lipinski definition) is 5. The molecule has 1 heterocycles. The van der Waals surface area contributed by atoms with Crippen LogP contribution >= 0.6 is 24.0 Å². The van der Waals surface area contributed by atoms with Gasteiger partial charge in [0.1, 0.15) is 10.4 Å². The number of aliphatic carboxylic acids is 1. The van der Waals surface area contributed by atoms with Crippen LogP contribution in [0, 0.1) is 0 Å². The predicted molar refractivity (Wildman–Crippen MR) is 105 cm³/mol. The van der Waals surface area contributed by atoms with Crippen molar-refractivity contribution in [1.82, 2.24) is 10.2 Å². The third-order valence-electron chi connectivity index (χ3n) is 3.52. The summed E-state index contributed by atoms with van der Waals surface area (Å²) in [6.45, 7) is 1.49. The number of carbonyl (C=O) groups excluding carboxylic acids is 2. The van der Waals surface area contributed by atoms with Crippen LogP contribution in [0.1, 0.15) is 18.9 Å². The van der Waals surface area contributed by atoms with Crippen LogP contribution in [0.5, 0.6) is 0 Å². The smallest absolute Gasteiger partial charge is 0.325 e. The number of thioether (sulfide) groups is 1. The average molecular weight is 390 g/mol. The third-order valence-corrected chi connectivity index (χ3v) is 4.92. The highest BCUT2D eigenvalue weighted by Gasteiger charge is 2.31. The number of amides is 2. The van der Waals surface area contributed by atoms with E-state index in [0.717, 1.165) is 5.56 Å². The van der Waals surface area contributed by atoms with E-state index in [1.54, 1.807) is 12.2 Å². The Balaban J connectivity index is 1.92. The first-order valence-corrected chi connectivity index (χ1v) is 9.10. The van der Waals surface area contributed by atoms with Crippen LogP contribution in [0.4, 0.5) is 0 Å². The van der Waals surface area contributed by atoms with Gasteiger partial charge in [-0.05, 0) is 18.6 Å². The van der Waals surface area contributed by atoms with Gasteiger partial charge in [0.25, 0.3) is 5.91 Å². The number of carboxylic acids is 1. The number of nitrogens with zero attached hydrogens (tertiary/aromatic N) is 1. The highest BCUT2D eigenvalue weighted by Crippen LogP contribution is 2.31. The van der Waals surface area contributed by atoms with Crippen molar-refractivity contribution in [1.29, 1.82) is 0 Å². The average Bonchev–Trinajstić information content (AvgIpc) is 2.87. The molecule has 2 rings (SSSR count). The molecule has 1 saturated heterocycles. The molecule has 0 spiro atoms. The summed E-state index contributed by atoms with van der Waals surface area (Å²) in [5, 5.41) is 11.1. The molecule has 6 nitrogen and oxygen atoms in total. The molecule has 8 heteroatoms. The topological polar surface area (TPSA) is 86.7 Å². The minimum absolute atomic E-state index is 0.0167. The van der Waals surface area contributed by atoms with E-state index in [0.29, 0.717) is 9.23 Å². The van der Waals surface area contributed by atoms with E-state index in [9.17, 15) is 14.4 Å². The van der Waals surface area contributed by atoms with E-state index in [1.165, 1.54) is 23.6 Å². The van der Waals surface area contributed by atoms with E-state index < -0.39 is 17.9 Å². The Labute approximate surface area is 160 Å². The van der Waals surface area contributed by atoms with Gasteiger partial charge in [-0.2, -0.15) is 0 Å². The van der Waals surface area contributed by atoms with Crippen molar-refractivity contribution in [3.63, 3.8) is 0 Å². The summed E-state index contributed by atoms with van der Waals surface area (Å²) in [5.74, 6) is -1.81. The summed E-state index contributed by atoms with van der Waals surface area (Å²) in [7, 11) is 0. The lowest BCUT2D eigenvalue weighted by Crippen LogP contribution is -2.40. The maximum Gasteiger partial charge on any atom is 0.325 e. The Hall–Kier alpha value is -2.45. The summed E-state index contributed by atoms with van der Waals surface area (Å²) < 4.78 is 0.383. The maximum absolute atomic E-state index is 12.4. The monoisotopic (exact) mass is 390 g/mol. The van der Waals surface area contributed by atoms with Gasteiger partial charge >= 0.3 is 5.97 Å². The number of allylic oxidation sites excluding steroid dienone is 2. The van der Waals surface area contributed by atoms with Crippen molar-refractivity contribution >= 4 is 52.2 Å². The zero-order valence-electron chi connectivity index (χ0n) is 14.0. The van der Waals surface area contributed by atoms with Gasteiger partial charge in [-0.1, -0.05) is 66.5 Å². The first kappa shape index (κ1) is 19.9. The maximum atomic E-state index is 12.4. The molecule has 0 aromatic heterocycles. The molecule has 0 unspecified atom stereocenters. The van der Waals surface area contributed by atoms with Gasteiger partial charge in [0.2, 0.25) is 5.91 Å². The van der Waals surface area contributed by atoms with E-state index in [4.69, 9.17) is 17.3 Å². The Morgan fingerprint density at radius 3 is 2.69 bits per heavy atom. The number of rotatable bonds is 7. The van der Waals surface area contributed by atoms with E-state index in [1.807, 2.05) is 36.4 Å². The van der Waals surface area contributed by atoms with Gasteiger partial charge in [0.05, 0.1) is 4.91 Å². The van der Waals surface area contributed by atoms with Crippen LogP contribution in [0.2, 0.25) is 0 Å². The molecule has 1 aliphatic heterocycles. The molecule has 2 amide bonds. The van der Waals surface area contributed by atoms with Gasteiger partial charge in [-0.3, -0.25) is 19.3 Å². The molecule has 26 heavy (non-hydrogen) atoms. The number of thiocarbonyl (C=S) groups is 1. The minimum atomic E-state index is -1.11. The van der Waals surface area contributed by atoms with Gasteiger partial charge in [0.15, 0.2) is 0 Å². The SMILES string of the molecule is C[C@@H](NC(=O)CCN1C(=O)/C(=C\C=C\c2ccccc2)SC1=S)C(=O)O. The Morgan fingerprint density at radius 2 is 2.04 bits per heavy atom. The molecule has 1 fully saturated rings. The first-order chi connectivity index (χ1) is 12.4. The molecule has 0 radical (unpaired) electrons. The van der Waals surface area contributed by atoms with Crippen molar-refractivity contribution < 1.29 is 19.5 Å². The Bertz CT molecular complexity index is 775. The summed E-state index contributed by atoms with van der Waals surface area (Å²) in [6.07, 6.45) is 5.34. The molecule has 136 valence electrons. The molecule has 1 aliphatic rings. The Morgan fingerprint density at radius 1 is 1.35 bits per heavy atom. The summed E-state index contributed by atoms with van der Waals surface area (Å²) >= 11 is 6.38. The fraction of sp³-hybridized carbons (Fsp3) is 0.222. The molecule has 2 N–H and O–H groups in total. The van der Waals surface area contributed by atoms with Crippen molar-refractivity contribution in [2.24, 2.45) is 0 Å². The van der Waals surface area contributed by atoms with Crippen LogP contribution in [0.15, 0.2) is 47.4 Å². The zero-order valence-corrected chi connectivity index (χ0v) is 15.7. The van der Waals surface area contributed by atoms with Crippen molar-refractivity contribution in [3.05, 3.63) is 53.0 Å². The zero-order chi connectivity index (χ0) is 19.1. The standard InChI is InChI=1S/C18H18N2O4S2/c1-12(17(23)24)19-15(21)10-11-20-16(22)14(26-18(20)25)9-5-8-13-6-3-2-4-7-13/h2-9,12H,10-11H2,1H3,(H,19,21)(H,23,24)/b8-5+,14-9+/t12-/m1/s1. The molecule has 1 aromatic carbocycles. The highest BCUT2D eigenvalue weighted by atomic mass is 32.2. The fourth-order valence-electron chi connectivity index (χ4n) is 2.11. The van der Waals surface area contributed by atoms with E-state index in [2.05, 4.69) is 5.32 Å². The van der Waals surface area contributed by atoms with Crippen LogP contribution in [0.25, 0.3) is 6.08 Å². The highest BCUT2D eigenvalue weighted by molar-refractivity contribution is 8.26. The third kappa shape index (κ3) is 5.53. The molecular weight excluding hydrogens is 372 g/mol. The second kappa shape index (κ2) is 9.30. The van der Waals surface area contributed by atoms with Gasteiger partial charge in [0, 0.05) is 13.0 Å². The first-order valence-electron chi connectivity index (χ1n) is 7.87. The van der Waals surface area contributed by atoms with Crippen LogP contribution in [-0.4, -0.2) is 44.7 Å². The molecule has 1 atom stereocenters. The van der Waals surface area contributed by atoms with Crippen molar-refractivity contribution in [2.75, 3.05) is 6.54 Å².